The van der Waals surface area contributed by atoms with Gasteiger partial charge in [-0.2, -0.15) is 0 Å². The van der Waals surface area contributed by atoms with Gasteiger partial charge < -0.3 is 9.47 Å². The number of aryl methyl sites for hydroxylation is 1. The van der Waals surface area contributed by atoms with E-state index in [1.54, 1.807) is 12.1 Å². The number of hydrogen-bond donors (Lipinski definition) is 0. The van der Waals surface area contributed by atoms with Gasteiger partial charge in [-0.3, -0.25) is 0 Å². The second-order valence-corrected chi connectivity index (χ2v) is 4.27. The summed E-state index contributed by atoms with van der Waals surface area (Å²) >= 11 is 0. The van der Waals surface area contributed by atoms with Gasteiger partial charge in [0.05, 0.1) is 14.2 Å². The van der Waals surface area contributed by atoms with Crippen molar-refractivity contribution in [2.75, 3.05) is 14.2 Å². The van der Waals surface area contributed by atoms with Gasteiger partial charge in [0.1, 0.15) is 11.3 Å². The fourth-order valence-corrected chi connectivity index (χ4v) is 1.90. The molecule has 0 spiro atoms. The highest BCUT2D eigenvalue weighted by Gasteiger charge is 2.13. The molecule has 0 N–H and O–H groups in total. The molecule has 0 fully saturated rings. The Bertz CT molecular complexity index is 585. The Morgan fingerprint density at radius 3 is 2.16 bits per heavy atom. The van der Waals surface area contributed by atoms with Crippen molar-refractivity contribution in [3.8, 4) is 16.9 Å². The van der Waals surface area contributed by atoms with E-state index in [1.165, 1.54) is 19.8 Å². The third kappa shape index (κ3) is 2.76. The molecule has 0 unspecified atom stereocenters. The minimum absolute atomic E-state index is 0.397. The maximum atomic E-state index is 11.7. The van der Waals surface area contributed by atoms with E-state index < -0.39 is 5.97 Å². The predicted octanol–water partition coefficient (Wildman–Crippen LogP) is 3.46. The Morgan fingerprint density at radius 2 is 1.58 bits per heavy atom. The van der Waals surface area contributed by atoms with Crippen LogP contribution in [0.2, 0.25) is 0 Å². The molecule has 2 aromatic carbocycles. The van der Waals surface area contributed by atoms with Gasteiger partial charge in [-0.25, -0.2) is 4.79 Å². The standard InChI is InChI=1S/C16H16O3/c1-11-4-6-12(7-5-11)13-8-9-15(18-2)14(10-13)16(17)19-3/h4-10H,1-3H3. The number of rotatable bonds is 3. The van der Waals surface area contributed by atoms with Gasteiger partial charge in [-0.15, -0.1) is 0 Å². The molecule has 98 valence electrons. The summed E-state index contributed by atoms with van der Waals surface area (Å²) in [4.78, 5) is 11.7. The molecule has 19 heavy (non-hydrogen) atoms. The highest BCUT2D eigenvalue weighted by Crippen LogP contribution is 2.27. The fourth-order valence-electron chi connectivity index (χ4n) is 1.90. The van der Waals surface area contributed by atoms with Crippen molar-refractivity contribution < 1.29 is 14.3 Å². The van der Waals surface area contributed by atoms with Crippen molar-refractivity contribution in [1.82, 2.24) is 0 Å². The summed E-state index contributed by atoms with van der Waals surface area (Å²) in [6, 6.07) is 13.6. The van der Waals surface area contributed by atoms with Gasteiger partial charge in [0.15, 0.2) is 0 Å². The first-order valence-corrected chi connectivity index (χ1v) is 5.99. The Balaban J connectivity index is 2.48. The van der Waals surface area contributed by atoms with Gasteiger partial charge in [0.2, 0.25) is 0 Å². The van der Waals surface area contributed by atoms with Gasteiger partial charge in [-0.05, 0) is 30.2 Å². The monoisotopic (exact) mass is 256 g/mol. The van der Waals surface area contributed by atoms with Crippen LogP contribution in [0.15, 0.2) is 42.5 Å². The van der Waals surface area contributed by atoms with Crippen LogP contribution in [-0.2, 0) is 4.74 Å². The second-order valence-electron chi connectivity index (χ2n) is 4.27. The molecule has 2 rings (SSSR count). The smallest absolute Gasteiger partial charge is 0.341 e. The number of methoxy groups -OCH3 is 2. The van der Waals surface area contributed by atoms with Crippen molar-refractivity contribution >= 4 is 5.97 Å². The van der Waals surface area contributed by atoms with Crippen molar-refractivity contribution in [3.63, 3.8) is 0 Å². The third-order valence-corrected chi connectivity index (χ3v) is 2.99. The Kier molecular flexibility index (Phi) is 3.85. The molecule has 0 atom stereocenters. The molecule has 0 aliphatic rings. The van der Waals surface area contributed by atoms with E-state index in [0.717, 1.165) is 11.1 Å². The topological polar surface area (TPSA) is 35.5 Å². The molecule has 2 aromatic rings. The molecule has 3 heteroatoms. The van der Waals surface area contributed by atoms with Crippen LogP contribution in [0, 0.1) is 6.92 Å². The summed E-state index contributed by atoms with van der Waals surface area (Å²) in [6.45, 7) is 2.04. The van der Waals surface area contributed by atoms with Gasteiger partial charge in [0, 0.05) is 0 Å². The van der Waals surface area contributed by atoms with E-state index in [1.807, 2.05) is 37.3 Å². The molecule has 0 amide bonds. The molecule has 0 aliphatic carbocycles. The van der Waals surface area contributed by atoms with Crippen LogP contribution >= 0.6 is 0 Å². The summed E-state index contributed by atoms with van der Waals surface area (Å²) in [5.74, 6) is 0.119. The molecule has 0 radical (unpaired) electrons. The highest BCUT2D eigenvalue weighted by atomic mass is 16.5. The minimum atomic E-state index is -0.397. The lowest BCUT2D eigenvalue weighted by atomic mass is 10.0. The SMILES string of the molecule is COC(=O)c1cc(-c2ccc(C)cc2)ccc1OC. The van der Waals surface area contributed by atoms with Crippen LogP contribution in [-0.4, -0.2) is 20.2 Å². The zero-order valence-electron chi connectivity index (χ0n) is 11.3. The molecule has 0 saturated heterocycles. The van der Waals surface area contributed by atoms with Crippen molar-refractivity contribution in [2.45, 2.75) is 6.92 Å². The zero-order chi connectivity index (χ0) is 13.8. The first-order chi connectivity index (χ1) is 9.15. The summed E-state index contributed by atoms with van der Waals surface area (Å²) in [7, 11) is 2.90. The highest BCUT2D eigenvalue weighted by molar-refractivity contribution is 5.94. The first kappa shape index (κ1) is 13.1. The Labute approximate surface area is 112 Å². The zero-order valence-corrected chi connectivity index (χ0v) is 11.3. The van der Waals surface area contributed by atoms with E-state index in [0.29, 0.717) is 11.3 Å². The first-order valence-electron chi connectivity index (χ1n) is 5.99. The Morgan fingerprint density at radius 1 is 0.947 bits per heavy atom. The molecular weight excluding hydrogens is 240 g/mol. The maximum Gasteiger partial charge on any atom is 0.341 e. The van der Waals surface area contributed by atoms with Crippen molar-refractivity contribution in [2.24, 2.45) is 0 Å². The largest absolute Gasteiger partial charge is 0.496 e. The van der Waals surface area contributed by atoms with E-state index in [4.69, 9.17) is 9.47 Å². The van der Waals surface area contributed by atoms with E-state index >= 15 is 0 Å². The number of carbonyl (C=O) groups is 1. The lowest BCUT2D eigenvalue weighted by Crippen LogP contribution is -2.04. The molecule has 3 nitrogen and oxygen atoms in total. The number of esters is 1. The molecule has 0 heterocycles. The summed E-state index contributed by atoms with van der Waals surface area (Å²) in [6.07, 6.45) is 0. The Hall–Kier alpha value is -2.29. The van der Waals surface area contributed by atoms with Crippen molar-refractivity contribution in [3.05, 3.63) is 53.6 Å². The minimum Gasteiger partial charge on any atom is -0.496 e. The molecule has 0 saturated carbocycles. The van der Waals surface area contributed by atoms with Crippen molar-refractivity contribution in [1.29, 1.82) is 0 Å². The average Bonchev–Trinajstić information content (AvgIpc) is 2.46. The maximum absolute atomic E-state index is 11.7. The number of carbonyl (C=O) groups excluding carboxylic acids is 1. The molecule has 0 aliphatic heterocycles. The summed E-state index contributed by atoms with van der Waals surface area (Å²) < 4.78 is 9.95. The van der Waals surface area contributed by atoms with E-state index in [-0.39, 0.29) is 0 Å². The van der Waals surface area contributed by atoms with Gasteiger partial charge >= 0.3 is 5.97 Å². The lowest BCUT2D eigenvalue weighted by molar-refractivity contribution is 0.0597. The van der Waals surface area contributed by atoms with Crippen LogP contribution in [0.3, 0.4) is 0 Å². The number of ether oxygens (including phenoxy) is 2. The number of benzene rings is 2. The van der Waals surface area contributed by atoms with Crippen LogP contribution in [0.1, 0.15) is 15.9 Å². The molecular formula is C16H16O3. The predicted molar refractivity (Wildman–Crippen MR) is 74.5 cm³/mol. The lowest BCUT2D eigenvalue weighted by Gasteiger charge is -2.09. The quantitative estimate of drug-likeness (QED) is 0.789. The van der Waals surface area contributed by atoms with Gasteiger partial charge in [-0.1, -0.05) is 35.9 Å². The van der Waals surface area contributed by atoms with Crippen LogP contribution in [0.25, 0.3) is 11.1 Å². The van der Waals surface area contributed by atoms with Crippen LogP contribution in [0.5, 0.6) is 5.75 Å². The second kappa shape index (κ2) is 5.57. The third-order valence-electron chi connectivity index (χ3n) is 2.99. The van der Waals surface area contributed by atoms with E-state index in [9.17, 15) is 4.79 Å². The van der Waals surface area contributed by atoms with Gasteiger partial charge in [0.25, 0.3) is 0 Å². The van der Waals surface area contributed by atoms with Crippen LogP contribution < -0.4 is 4.74 Å². The summed E-state index contributed by atoms with van der Waals surface area (Å²) in [5, 5.41) is 0. The van der Waals surface area contributed by atoms with E-state index in [2.05, 4.69) is 0 Å². The summed E-state index contributed by atoms with van der Waals surface area (Å²) in [5.41, 5.74) is 3.65. The number of hydrogen-bond acceptors (Lipinski definition) is 3. The van der Waals surface area contributed by atoms with Crippen LogP contribution in [0.4, 0.5) is 0 Å². The average molecular weight is 256 g/mol. The molecule has 0 bridgehead atoms. The molecule has 0 aromatic heterocycles. The fraction of sp³-hybridized carbons (Fsp3) is 0.188. The normalized spacial score (nSPS) is 10.1.